The van der Waals surface area contributed by atoms with Gasteiger partial charge in [0.15, 0.2) is 6.29 Å². The van der Waals surface area contributed by atoms with Gasteiger partial charge < -0.3 is 14.4 Å². The third kappa shape index (κ3) is 3.69. The lowest BCUT2D eigenvalue weighted by Crippen LogP contribution is -2.44. The molecule has 180 valence electrons. The highest BCUT2D eigenvalue weighted by Crippen LogP contribution is 2.33. The van der Waals surface area contributed by atoms with E-state index in [4.69, 9.17) is 9.47 Å². The number of hydrogen-bond acceptors (Lipinski definition) is 6. The molecule has 9 heteroatoms. The normalized spacial score (nSPS) is 20.0. The minimum atomic E-state index is -0.692. The van der Waals surface area contributed by atoms with Crippen molar-refractivity contribution in [3.63, 3.8) is 0 Å². The molecule has 1 unspecified atom stereocenters. The number of benzene rings is 2. The number of imidazole rings is 1. The monoisotopic (exact) mass is 466 g/mol. The Balaban J connectivity index is 1.53. The Morgan fingerprint density at radius 2 is 1.71 bits per heavy atom. The highest BCUT2D eigenvalue weighted by Gasteiger charge is 2.32. The van der Waals surface area contributed by atoms with E-state index in [0.717, 1.165) is 47.9 Å². The Kier molecular flexibility index (Phi) is 5.91. The fourth-order valence-electron chi connectivity index (χ4n) is 5.52. The molecule has 2 fully saturated rings. The zero-order chi connectivity index (χ0) is 24.0. The average Bonchev–Trinajstić information content (AvgIpc) is 3.10. The van der Waals surface area contributed by atoms with Gasteiger partial charge in [0.05, 0.1) is 11.0 Å². The molecule has 1 aromatic heterocycles. The summed E-state index contributed by atoms with van der Waals surface area (Å²) in [4.78, 5) is 39.7. The molecule has 0 spiro atoms. The topological polar surface area (TPSA) is 94.8 Å². The van der Waals surface area contributed by atoms with E-state index in [1.54, 1.807) is 25.8 Å². The zero-order valence-electron chi connectivity index (χ0n) is 19.7. The molecule has 3 aromatic rings. The van der Waals surface area contributed by atoms with E-state index in [1.807, 2.05) is 12.1 Å². The molecule has 0 bridgehead atoms. The number of hydrogen-bond donors (Lipinski definition) is 1. The number of aromatic nitrogens is 2. The van der Waals surface area contributed by atoms with Crippen molar-refractivity contribution in [2.45, 2.75) is 38.0 Å². The first kappa shape index (κ1) is 22.6. The molecule has 34 heavy (non-hydrogen) atoms. The number of imide groups is 1. The molecule has 2 saturated heterocycles. The van der Waals surface area contributed by atoms with Crippen LogP contribution in [0.25, 0.3) is 21.8 Å². The Hall–Kier alpha value is -3.17. The standard InChI is InChI=1S/C25H30N4O5/c1-27-22-18-14-17(28-12-10-16(11-13-28)24(33-2)34-3)6-4-15(18)5-7-19(22)29(25(27)32)20-8-9-21(30)26-23(20)31/h4-7,14,16,20,24H,8-13H2,1-3H3,(H,26,30,31). The van der Waals surface area contributed by atoms with E-state index in [2.05, 4.69) is 28.4 Å². The van der Waals surface area contributed by atoms with Crippen molar-refractivity contribution in [2.75, 3.05) is 32.2 Å². The number of anilines is 1. The van der Waals surface area contributed by atoms with Crippen LogP contribution in [0, 0.1) is 5.92 Å². The Morgan fingerprint density at radius 1 is 1.00 bits per heavy atom. The van der Waals surface area contributed by atoms with Crippen molar-refractivity contribution >= 4 is 39.3 Å². The second-order valence-electron chi connectivity index (χ2n) is 9.18. The summed E-state index contributed by atoms with van der Waals surface area (Å²) in [6.45, 7) is 1.79. The highest BCUT2D eigenvalue weighted by molar-refractivity contribution is 6.07. The van der Waals surface area contributed by atoms with E-state index in [9.17, 15) is 14.4 Å². The molecule has 2 aliphatic rings. The van der Waals surface area contributed by atoms with Gasteiger partial charge in [-0.3, -0.25) is 24.0 Å². The Labute approximate surface area is 197 Å². The quantitative estimate of drug-likeness (QED) is 0.458. The SMILES string of the molecule is COC(OC)C1CCN(c2ccc3ccc4c(c3c2)n(C)c(=O)n4C2CCC(=O)NC2=O)CC1. The van der Waals surface area contributed by atoms with Crippen molar-refractivity contribution in [3.8, 4) is 0 Å². The number of methoxy groups -OCH3 is 2. The van der Waals surface area contributed by atoms with E-state index in [0.29, 0.717) is 17.9 Å². The van der Waals surface area contributed by atoms with Crippen LogP contribution in [0.2, 0.25) is 0 Å². The van der Waals surface area contributed by atoms with E-state index in [1.165, 1.54) is 4.57 Å². The predicted molar refractivity (Wildman–Crippen MR) is 129 cm³/mol. The summed E-state index contributed by atoms with van der Waals surface area (Å²) in [5.41, 5.74) is 2.34. The molecule has 2 aromatic carbocycles. The number of fused-ring (bicyclic) bond motifs is 3. The van der Waals surface area contributed by atoms with Gasteiger partial charge in [-0.05, 0) is 42.8 Å². The van der Waals surface area contributed by atoms with Gasteiger partial charge in [0, 0.05) is 57.8 Å². The van der Waals surface area contributed by atoms with Crippen LogP contribution in [0.15, 0.2) is 35.1 Å². The molecule has 0 saturated carbocycles. The number of carbonyl (C=O) groups excluding carboxylic acids is 2. The molecule has 3 heterocycles. The number of carbonyl (C=O) groups is 2. The fraction of sp³-hybridized carbons (Fsp3) is 0.480. The van der Waals surface area contributed by atoms with Gasteiger partial charge in [-0.2, -0.15) is 0 Å². The number of nitrogens with one attached hydrogen (secondary N) is 1. The van der Waals surface area contributed by atoms with Crippen molar-refractivity contribution < 1.29 is 19.1 Å². The summed E-state index contributed by atoms with van der Waals surface area (Å²) in [5, 5.41) is 4.36. The second-order valence-corrected chi connectivity index (χ2v) is 9.18. The summed E-state index contributed by atoms with van der Waals surface area (Å²) >= 11 is 0. The van der Waals surface area contributed by atoms with Crippen LogP contribution in [0.3, 0.4) is 0 Å². The van der Waals surface area contributed by atoms with Crippen LogP contribution < -0.4 is 15.9 Å². The molecule has 1 atom stereocenters. The second kappa shape index (κ2) is 8.88. The number of amides is 2. The van der Waals surface area contributed by atoms with Crippen LogP contribution in [-0.4, -0.2) is 54.5 Å². The maximum atomic E-state index is 13.2. The van der Waals surface area contributed by atoms with Gasteiger partial charge in [-0.25, -0.2) is 4.79 Å². The van der Waals surface area contributed by atoms with E-state index >= 15 is 0 Å². The number of nitrogens with zero attached hydrogens (tertiary/aromatic N) is 3. The summed E-state index contributed by atoms with van der Waals surface area (Å²) in [7, 11) is 5.10. The minimum Gasteiger partial charge on any atom is -0.371 e. The molecule has 9 nitrogen and oxygen atoms in total. The van der Waals surface area contributed by atoms with Gasteiger partial charge in [0.1, 0.15) is 6.04 Å². The van der Waals surface area contributed by atoms with E-state index in [-0.39, 0.29) is 24.3 Å². The lowest BCUT2D eigenvalue weighted by Gasteiger charge is -2.36. The van der Waals surface area contributed by atoms with Crippen LogP contribution in [0.5, 0.6) is 0 Å². The van der Waals surface area contributed by atoms with Crippen LogP contribution >= 0.6 is 0 Å². The maximum Gasteiger partial charge on any atom is 0.329 e. The molecular formula is C25H30N4O5. The van der Waals surface area contributed by atoms with Gasteiger partial charge >= 0.3 is 5.69 Å². The predicted octanol–water partition coefficient (Wildman–Crippen LogP) is 2.31. The van der Waals surface area contributed by atoms with Crippen LogP contribution in [-0.2, 0) is 26.1 Å². The summed E-state index contributed by atoms with van der Waals surface area (Å²) < 4.78 is 14.0. The van der Waals surface area contributed by atoms with Gasteiger partial charge in [-0.1, -0.05) is 12.1 Å². The van der Waals surface area contributed by atoms with Crippen LogP contribution in [0.4, 0.5) is 5.69 Å². The molecule has 1 N–H and O–H groups in total. The Morgan fingerprint density at radius 3 is 2.38 bits per heavy atom. The smallest absolute Gasteiger partial charge is 0.329 e. The first-order valence-electron chi connectivity index (χ1n) is 11.7. The molecule has 0 aliphatic carbocycles. The van der Waals surface area contributed by atoms with Crippen molar-refractivity contribution in [3.05, 3.63) is 40.8 Å². The number of piperidine rings is 2. The number of rotatable bonds is 5. The third-order valence-corrected chi connectivity index (χ3v) is 7.32. The van der Waals surface area contributed by atoms with E-state index < -0.39 is 11.9 Å². The molecule has 2 aliphatic heterocycles. The van der Waals surface area contributed by atoms with Crippen molar-refractivity contribution in [1.82, 2.24) is 14.5 Å². The maximum absolute atomic E-state index is 13.2. The highest BCUT2D eigenvalue weighted by atomic mass is 16.7. The molecule has 2 amide bonds. The largest absolute Gasteiger partial charge is 0.371 e. The Bertz CT molecular complexity index is 1310. The van der Waals surface area contributed by atoms with Gasteiger partial charge in [0.25, 0.3) is 0 Å². The lowest BCUT2D eigenvalue weighted by atomic mass is 9.95. The van der Waals surface area contributed by atoms with Crippen molar-refractivity contribution in [2.24, 2.45) is 13.0 Å². The third-order valence-electron chi connectivity index (χ3n) is 7.32. The van der Waals surface area contributed by atoms with Crippen molar-refractivity contribution in [1.29, 1.82) is 0 Å². The number of aryl methyl sites for hydroxylation is 1. The average molecular weight is 467 g/mol. The van der Waals surface area contributed by atoms with Gasteiger partial charge in [-0.15, -0.1) is 0 Å². The summed E-state index contributed by atoms with van der Waals surface area (Å²) in [6, 6.07) is 9.52. The minimum absolute atomic E-state index is 0.181. The molecule has 0 radical (unpaired) electrons. The lowest BCUT2D eigenvalue weighted by molar-refractivity contribution is -0.141. The molecule has 5 rings (SSSR count). The summed E-state index contributed by atoms with van der Waals surface area (Å²) in [6.07, 6.45) is 2.30. The van der Waals surface area contributed by atoms with Crippen LogP contribution in [0.1, 0.15) is 31.7 Å². The molecular weight excluding hydrogens is 436 g/mol. The number of ether oxygens (including phenoxy) is 2. The first-order chi connectivity index (χ1) is 16.4. The zero-order valence-corrected chi connectivity index (χ0v) is 19.7. The fourth-order valence-corrected chi connectivity index (χ4v) is 5.52. The van der Waals surface area contributed by atoms with Gasteiger partial charge in [0.2, 0.25) is 11.8 Å². The summed E-state index contributed by atoms with van der Waals surface area (Å²) in [5.74, 6) is -0.356. The first-order valence-corrected chi connectivity index (χ1v) is 11.7.